The highest BCUT2D eigenvalue weighted by atomic mass is 16.3. The van der Waals surface area contributed by atoms with Crippen molar-refractivity contribution in [1.82, 2.24) is 4.90 Å². The predicted octanol–water partition coefficient (Wildman–Crippen LogP) is 5.69. The second kappa shape index (κ2) is 9.19. The largest absolute Gasteiger partial charge is 0.390 e. The summed E-state index contributed by atoms with van der Waals surface area (Å²) in [7, 11) is 0. The summed E-state index contributed by atoms with van der Waals surface area (Å²) in [4.78, 5) is 2.68. The molecule has 0 saturated carbocycles. The molecule has 25 heavy (non-hydrogen) atoms. The van der Waals surface area contributed by atoms with Crippen LogP contribution in [-0.4, -0.2) is 27.7 Å². The maximum Gasteiger partial charge on any atom is 0.0677 e. The molecule has 0 aliphatic carbocycles. The Labute approximate surface area is 154 Å². The van der Waals surface area contributed by atoms with E-state index in [-0.39, 0.29) is 5.60 Å². The van der Waals surface area contributed by atoms with Crippen molar-refractivity contribution in [2.75, 3.05) is 0 Å². The van der Waals surface area contributed by atoms with Crippen LogP contribution in [0.5, 0.6) is 0 Å². The van der Waals surface area contributed by atoms with Crippen molar-refractivity contribution in [3.8, 4) is 0 Å². The van der Waals surface area contributed by atoms with Crippen molar-refractivity contribution < 1.29 is 5.11 Å². The zero-order chi connectivity index (χ0) is 17.5. The van der Waals surface area contributed by atoms with Gasteiger partial charge in [-0.3, -0.25) is 4.90 Å². The molecule has 2 nitrogen and oxygen atoms in total. The van der Waals surface area contributed by atoms with Crippen LogP contribution in [0.2, 0.25) is 0 Å². The van der Waals surface area contributed by atoms with Crippen LogP contribution in [0.15, 0.2) is 30.3 Å². The molecule has 2 unspecified atom stereocenters. The van der Waals surface area contributed by atoms with E-state index < -0.39 is 0 Å². The van der Waals surface area contributed by atoms with Gasteiger partial charge in [-0.15, -0.1) is 0 Å². The second-order valence-electron chi connectivity index (χ2n) is 8.55. The molecule has 2 bridgehead atoms. The monoisotopic (exact) mass is 343 g/mol. The molecule has 1 aromatic rings. The molecular weight excluding hydrogens is 306 g/mol. The highest BCUT2D eigenvalue weighted by Crippen LogP contribution is 2.43. The number of fused-ring (bicyclic) bond motifs is 2. The Kier molecular flexibility index (Phi) is 6.95. The number of hydrogen-bond acceptors (Lipinski definition) is 2. The van der Waals surface area contributed by atoms with Crippen molar-refractivity contribution >= 4 is 0 Å². The molecule has 0 amide bonds. The molecule has 2 atom stereocenters. The van der Waals surface area contributed by atoms with E-state index in [1.807, 2.05) is 0 Å². The van der Waals surface area contributed by atoms with Crippen LogP contribution in [0.3, 0.4) is 0 Å². The maximum absolute atomic E-state index is 11.2. The molecule has 0 spiro atoms. The van der Waals surface area contributed by atoms with Crippen molar-refractivity contribution in [3.63, 3.8) is 0 Å². The van der Waals surface area contributed by atoms with Crippen LogP contribution < -0.4 is 0 Å². The Hall–Kier alpha value is -0.860. The van der Waals surface area contributed by atoms with Crippen LogP contribution in [0.25, 0.3) is 0 Å². The fraction of sp³-hybridized carbons (Fsp3) is 0.739. The van der Waals surface area contributed by atoms with Crippen molar-refractivity contribution in [2.24, 2.45) is 0 Å². The van der Waals surface area contributed by atoms with Crippen molar-refractivity contribution in [1.29, 1.82) is 0 Å². The number of nitrogens with zero attached hydrogens (tertiary/aromatic N) is 1. The van der Waals surface area contributed by atoms with E-state index in [2.05, 4.69) is 42.2 Å². The number of hydrogen-bond donors (Lipinski definition) is 1. The Bertz CT molecular complexity index is 486. The zero-order valence-corrected chi connectivity index (χ0v) is 16.1. The third-order valence-electron chi connectivity index (χ3n) is 6.46. The first-order chi connectivity index (χ1) is 12.2. The minimum atomic E-state index is -0.386. The minimum absolute atomic E-state index is 0.386. The van der Waals surface area contributed by atoms with Gasteiger partial charge in [-0.25, -0.2) is 0 Å². The quantitative estimate of drug-likeness (QED) is 0.552. The molecule has 0 aromatic heterocycles. The summed E-state index contributed by atoms with van der Waals surface area (Å²) in [5.74, 6) is 0. The van der Waals surface area contributed by atoms with Crippen LogP contribution >= 0.6 is 0 Å². The van der Waals surface area contributed by atoms with Crippen molar-refractivity contribution in [3.05, 3.63) is 35.9 Å². The molecule has 2 fully saturated rings. The van der Waals surface area contributed by atoms with Gasteiger partial charge in [0.15, 0.2) is 0 Å². The third-order valence-corrected chi connectivity index (χ3v) is 6.46. The third kappa shape index (κ3) is 5.31. The number of aliphatic hydroxyl groups is 1. The van der Waals surface area contributed by atoms with E-state index in [0.29, 0.717) is 12.1 Å². The SMILES string of the molecule is CCCCCCCCCC1(O)CC2CCC(C1)N2Cc1ccccc1. The summed E-state index contributed by atoms with van der Waals surface area (Å²) in [5, 5.41) is 11.2. The molecule has 3 rings (SSSR count). The van der Waals surface area contributed by atoms with Gasteiger partial charge in [0, 0.05) is 18.6 Å². The summed E-state index contributed by atoms with van der Waals surface area (Å²) < 4.78 is 0. The highest BCUT2D eigenvalue weighted by molar-refractivity contribution is 5.16. The summed E-state index contributed by atoms with van der Waals surface area (Å²) in [6.07, 6.45) is 14.9. The molecule has 2 aliphatic heterocycles. The number of piperidine rings is 1. The summed E-state index contributed by atoms with van der Waals surface area (Å²) >= 11 is 0. The Morgan fingerprint density at radius 1 is 0.920 bits per heavy atom. The van der Waals surface area contributed by atoms with Crippen molar-refractivity contribution in [2.45, 2.75) is 108 Å². The smallest absolute Gasteiger partial charge is 0.0677 e. The lowest BCUT2D eigenvalue weighted by atomic mass is 9.82. The first-order valence-electron chi connectivity index (χ1n) is 10.7. The Balaban J connectivity index is 1.43. The van der Waals surface area contributed by atoms with E-state index in [1.54, 1.807) is 0 Å². The van der Waals surface area contributed by atoms with Gasteiger partial charge in [0.1, 0.15) is 0 Å². The average molecular weight is 344 g/mol. The van der Waals surface area contributed by atoms with Gasteiger partial charge in [-0.05, 0) is 37.7 Å². The number of benzene rings is 1. The molecule has 2 heterocycles. The van der Waals surface area contributed by atoms with Gasteiger partial charge < -0.3 is 5.11 Å². The Morgan fingerprint density at radius 2 is 1.52 bits per heavy atom. The molecule has 0 radical (unpaired) electrons. The molecule has 2 saturated heterocycles. The first kappa shape index (κ1) is 18.9. The van der Waals surface area contributed by atoms with E-state index in [0.717, 1.165) is 25.8 Å². The zero-order valence-electron chi connectivity index (χ0n) is 16.1. The van der Waals surface area contributed by atoms with Gasteiger partial charge >= 0.3 is 0 Å². The number of rotatable bonds is 10. The van der Waals surface area contributed by atoms with Crippen LogP contribution in [0.4, 0.5) is 0 Å². The van der Waals surface area contributed by atoms with Gasteiger partial charge in [-0.2, -0.15) is 0 Å². The predicted molar refractivity (Wildman–Crippen MR) is 106 cm³/mol. The van der Waals surface area contributed by atoms with Crippen LogP contribution in [-0.2, 0) is 6.54 Å². The van der Waals surface area contributed by atoms with Crippen LogP contribution in [0.1, 0.15) is 89.5 Å². The highest BCUT2D eigenvalue weighted by Gasteiger charge is 2.46. The lowest BCUT2D eigenvalue weighted by Gasteiger charge is -2.44. The van der Waals surface area contributed by atoms with E-state index in [4.69, 9.17) is 0 Å². The van der Waals surface area contributed by atoms with Gasteiger partial charge in [0.05, 0.1) is 5.60 Å². The Morgan fingerprint density at radius 3 is 2.16 bits per heavy atom. The second-order valence-corrected chi connectivity index (χ2v) is 8.55. The fourth-order valence-corrected chi connectivity index (χ4v) is 5.08. The fourth-order valence-electron chi connectivity index (χ4n) is 5.08. The molecule has 140 valence electrons. The molecule has 2 aliphatic rings. The van der Waals surface area contributed by atoms with Gasteiger partial charge in [-0.1, -0.05) is 82.2 Å². The van der Waals surface area contributed by atoms with E-state index >= 15 is 0 Å². The van der Waals surface area contributed by atoms with E-state index in [9.17, 15) is 5.11 Å². The maximum atomic E-state index is 11.2. The average Bonchev–Trinajstić information content (AvgIpc) is 2.86. The molecule has 1 N–H and O–H groups in total. The standard InChI is InChI=1S/C23H37NO/c1-2-3-4-5-6-7-11-16-23(25)17-21-14-15-22(18-23)24(21)19-20-12-9-8-10-13-20/h8-10,12-13,21-22,25H,2-7,11,14-19H2,1H3. The molecule has 1 aromatic carbocycles. The lowest BCUT2D eigenvalue weighted by Crippen LogP contribution is -2.50. The molecule has 2 heteroatoms. The topological polar surface area (TPSA) is 23.5 Å². The summed E-state index contributed by atoms with van der Waals surface area (Å²) in [5.41, 5.74) is 1.03. The summed E-state index contributed by atoms with van der Waals surface area (Å²) in [6.45, 7) is 3.33. The lowest BCUT2D eigenvalue weighted by molar-refractivity contribution is -0.0611. The minimum Gasteiger partial charge on any atom is -0.390 e. The van der Waals surface area contributed by atoms with Gasteiger partial charge in [0.2, 0.25) is 0 Å². The van der Waals surface area contributed by atoms with Gasteiger partial charge in [0.25, 0.3) is 0 Å². The van der Waals surface area contributed by atoms with E-state index in [1.165, 1.54) is 63.4 Å². The summed E-state index contributed by atoms with van der Waals surface area (Å²) in [6, 6.07) is 12.0. The first-order valence-corrected chi connectivity index (χ1v) is 10.7. The van der Waals surface area contributed by atoms with Crippen LogP contribution in [0, 0.1) is 0 Å². The molecular formula is C23H37NO. The normalized spacial score (nSPS) is 29.2. The number of unbranched alkanes of at least 4 members (excludes halogenated alkanes) is 6.